The van der Waals surface area contributed by atoms with Crippen molar-refractivity contribution >= 4 is 12.1 Å². The van der Waals surface area contributed by atoms with Gasteiger partial charge < -0.3 is 15.2 Å². The molecule has 1 amide bonds. The Balaban J connectivity index is 2.63. The number of ether oxygens (including phenoxy) is 1. The van der Waals surface area contributed by atoms with E-state index in [4.69, 9.17) is 9.84 Å². The van der Waals surface area contributed by atoms with E-state index in [-0.39, 0.29) is 6.42 Å². The molecule has 1 aromatic heterocycles. The number of alkyl carbamates (subject to hydrolysis) is 1. The Kier molecular flexibility index (Phi) is 4.47. The Morgan fingerprint density at radius 2 is 2.16 bits per heavy atom. The topological polar surface area (TPSA) is 106 Å². The summed E-state index contributed by atoms with van der Waals surface area (Å²) in [6.45, 7) is 5.10. The Bertz CT molecular complexity index is 464. The molecule has 1 aromatic rings. The number of amides is 1. The Labute approximate surface area is 110 Å². The van der Waals surface area contributed by atoms with Crippen molar-refractivity contribution in [2.24, 2.45) is 7.05 Å². The second kappa shape index (κ2) is 5.68. The molecule has 1 heterocycles. The maximum Gasteiger partial charge on any atom is 0.408 e. The van der Waals surface area contributed by atoms with E-state index in [1.54, 1.807) is 27.8 Å². The van der Waals surface area contributed by atoms with Crippen LogP contribution in [0.2, 0.25) is 0 Å². The average molecular weight is 270 g/mol. The van der Waals surface area contributed by atoms with Crippen molar-refractivity contribution in [2.45, 2.75) is 38.8 Å². The highest BCUT2D eigenvalue weighted by atomic mass is 16.6. The molecule has 0 aliphatic rings. The number of carboxylic acid groups (broad SMARTS) is 1. The highest BCUT2D eigenvalue weighted by Gasteiger charge is 2.25. The number of aromatic nitrogens is 3. The van der Waals surface area contributed by atoms with Gasteiger partial charge >= 0.3 is 12.1 Å². The van der Waals surface area contributed by atoms with Gasteiger partial charge in [-0.15, -0.1) is 0 Å². The number of rotatable bonds is 4. The van der Waals surface area contributed by atoms with Gasteiger partial charge in [0.25, 0.3) is 0 Å². The van der Waals surface area contributed by atoms with Crippen molar-refractivity contribution in [3.8, 4) is 0 Å². The van der Waals surface area contributed by atoms with Crippen LogP contribution in [0.15, 0.2) is 6.20 Å². The van der Waals surface area contributed by atoms with Crippen LogP contribution in [0.25, 0.3) is 0 Å². The van der Waals surface area contributed by atoms with E-state index >= 15 is 0 Å². The second-order valence-corrected chi connectivity index (χ2v) is 5.07. The van der Waals surface area contributed by atoms with Crippen molar-refractivity contribution in [3.63, 3.8) is 0 Å². The van der Waals surface area contributed by atoms with E-state index in [0.29, 0.717) is 5.69 Å². The Hall–Kier alpha value is -2.12. The molecule has 0 aromatic carbocycles. The molecule has 0 bridgehead atoms. The summed E-state index contributed by atoms with van der Waals surface area (Å²) in [7, 11) is 1.63. The second-order valence-electron chi connectivity index (χ2n) is 5.07. The van der Waals surface area contributed by atoms with Crippen molar-refractivity contribution < 1.29 is 19.4 Å². The molecule has 1 rings (SSSR count). The molecule has 0 fully saturated rings. The van der Waals surface area contributed by atoms with Gasteiger partial charge in [-0.2, -0.15) is 15.0 Å². The van der Waals surface area contributed by atoms with Crippen molar-refractivity contribution in [3.05, 3.63) is 11.9 Å². The van der Waals surface area contributed by atoms with Gasteiger partial charge in [-0.25, -0.2) is 9.59 Å². The summed E-state index contributed by atoms with van der Waals surface area (Å²) in [4.78, 5) is 23.9. The molecule has 1 unspecified atom stereocenters. The lowest BCUT2D eigenvalue weighted by molar-refractivity contribution is -0.139. The molecule has 0 spiro atoms. The Morgan fingerprint density at radius 1 is 1.53 bits per heavy atom. The van der Waals surface area contributed by atoms with Crippen LogP contribution in [0.1, 0.15) is 26.5 Å². The van der Waals surface area contributed by atoms with Crippen LogP contribution in [-0.4, -0.2) is 43.8 Å². The van der Waals surface area contributed by atoms with Gasteiger partial charge in [0.1, 0.15) is 11.6 Å². The fourth-order valence-corrected chi connectivity index (χ4v) is 1.34. The van der Waals surface area contributed by atoms with E-state index in [1.165, 1.54) is 11.0 Å². The number of nitrogens with zero attached hydrogens (tertiary/aromatic N) is 3. The molecule has 106 valence electrons. The third-order valence-electron chi connectivity index (χ3n) is 2.05. The summed E-state index contributed by atoms with van der Waals surface area (Å²) in [5.41, 5.74) is -0.203. The van der Waals surface area contributed by atoms with Crippen LogP contribution in [0.3, 0.4) is 0 Å². The van der Waals surface area contributed by atoms with Crippen LogP contribution in [-0.2, 0) is 23.0 Å². The molecule has 2 N–H and O–H groups in total. The van der Waals surface area contributed by atoms with E-state index in [1.807, 2.05) is 0 Å². The summed E-state index contributed by atoms with van der Waals surface area (Å²) >= 11 is 0. The lowest BCUT2D eigenvalue weighted by atomic mass is 10.1. The van der Waals surface area contributed by atoms with Gasteiger partial charge in [0.05, 0.1) is 11.9 Å². The van der Waals surface area contributed by atoms with Crippen molar-refractivity contribution in [1.82, 2.24) is 20.3 Å². The zero-order chi connectivity index (χ0) is 14.6. The Morgan fingerprint density at radius 3 is 2.58 bits per heavy atom. The largest absolute Gasteiger partial charge is 0.480 e. The standard InChI is InChI=1S/C11H18N4O4/c1-11(2,3)19-10(18)13-8(9(16)17)5-7-6-12-15(4)14-7/h6,8H,5H2,1-4H3,(H,13,18)(H,16,17). The van der Waals surface area contributed by atoms with Gasteiger partial charge in [-0.3, -0.25) is 0 Å². The molecular formula is C11H18N4O4. The van der Waals surface area contributed by atoms with Crippen LogP contribution >= 0.6 is 0 Å². The average Bonchev–Trinajstić information content (AvgIpc) is 2.60. The maximum absolute atomic E-state index is 11.5. The van der Waals surface area contributed by atoms with Crippen LogP contribution in [0.5, 0.6) is 0 Å². The number of aliphatic carboxylic acids is 1. The lowest BCUT2D eigenvalue weighted by Gasteiger charge is -2.21. The highest BCUT2D eigenvalue weighted by Crippen LogP contribution is 2.07. The third-order valence-corrected chi connectivity index (χ3v) is 2.05. The van der Waals surface area contributed by atoms with Crippen LogP contribution in [0, 0.1) is 0 Å². The summed E-state index contributed by atoms with van der Waals surface area (Å²) in [5.74, 6) is -1.16. The van der Waals surface area contributed by atoms with Gasteiger partial charge in [-0.1, -0.05) is 0 Å². The third kappa shape index (κ3) is 5.36. The number of carbonyl (C=O) groups is 2. The number of nitrogens with one attached hydrogen (secondary N) is 1. The summed E-state index contributed by atoms with van der Waals surface area (Å²) in [6, 6.07) is -1.11. The molecule has 0 aliphatic carbocycles. The first-order valence-electron chi connectivity index (χ1n) is 5.75. The number of carbonyl (C=O) groups excluding carboxylic acids is 1. The fourth-order valence-electron chi connectivity index (χ4n) is 1.34. The van der Waals surface area contributed by atoms with Gasteiger partial charge in [-0.05, 0) is 20.8 Å². The monoisotopic (exact) mass is 270 g/mol. The molecule has 8 nitrogen and oxygen atoms in total. The van der Waals surface area contributed by atoms with Gasteiger partial charge in [0, 0.05) is 13.5 Å². The predicted molar refractivity (Wildman–Crippen MR) is 65.5 cm³/mol. The number of aryl methyl sites for hydroxylation is 1. The van der Waals surface area contributed by atoms with Crippen molar-refractivity contribution in [1.29, 1.82) is 0 Å². The van der Waals surface area contributed by atoms with E-state index in [0.717, 1.165) is 0 Å². The quantitative estimate of drug-likeness (QED) is 0.816. The SMILES string of the molecule is Cn1ncc(CC(NC(=O)OC(C)(C)C)C(=O)O)n1. The zero-order valence-electron chi connectivity index (χ0n) is 11.4. The molecule has 0 radical (unpaired) electrons. The van der Waals surface area contributed by atoms with E-state index in [2.05, 4.69) is 15.5 Å². The molecule has 8 heteroatoms. The van der Waals surface area contributed by atoms with E-state index < -0.39 is 23.7 Å². The first kappa shape index (κ1) is 14.9. The number of hydrogen-bond acceptors (Lipinski definition) is 5. The van der Waals surface area contributed by atoms with Crippen LogP contribution < -0.4 is 5.32 Å². The minimum atomic E-state index is -1.16. The number of carboxylic acids is 1. The van der Waals surface area contributed by atoms with Crippen molar-refractivity contribution in [2.75, 3.05) is 0 Å². The fraction of sp³-hybridized carbons (Fsp3) is 0.636. The lowest BCUT2D eigenvalue weighted by Crippen LogP contribution is -2.44. The minimum Gasteiger partial charge on any atom is -0.480 e. The first-order chi connectivity index (χ1) is 8.67. The van der Waals surface area contributed by atoms with Gasteiger partial charge in [0.15, 0.2) is 0 Å². The number of hydrogen-bond donors (Lipinski definition) is 2. The summed E-state index contributed by atoms with van der Waals surface area (Å²) < 4.78 is 5.01. The molecule has 0 aliphatic heterocycles. The molecule has 0 saturated heterocycles. The zero-order valence-corrected chi connectivity index (χ0v) is 11.4. The van der Waals surface area contributed by atoms with Gasteiger partial charge in [0.2, 0.25) is 0 Å². The first-order valence-corrected chi connectivity index (χ1v) is 5.75. The summed E-state index contributed by atoms with van der Waals surface area (Å²) in [5, 5.41) is 19.2. The maximum atomic E-state index is 11.5. The minimum absolute atomic E-state index is 0.0441. The smallest absolute Gasteiger partial charge is 0.408 e. The molecule has 19 heavy (non-hydrogen) atoms. The summed E-state index contributed by atoms with van der Waals surface area (Å²) in [6.07, 6.45) is 0.721. The molecular weight excluding hydrogens is 252 g/mol. The van der Waals surface area contributed by atoms with Crippen LogP contribution in [0.4, 0.5) is 4.79 Å². The molecule has 1 atom stereocenters. The van der Waals surface area contributed by atoms with E-state index in [9.17, 15) is 9.59 Å². The molecule has 0 saturated carbocycles. The highest BCUT2D eigenvalue weighted by molar-refractivity contribution is 5.80. The normalized spacial score (nSPS) is 12.8. The predicted octanol–water partition coefficient (Wildman–Crippen LogP) is 0.335.